The first-order chi connectivity index (χ1) is 10.6. The van der Waals surface area contributed by atoms with Gasteiger partial charge in [0.25, 0.3) is 0 Å². The van der Waals surface area contributed by atoms with Gasteiger partial charge in [0.1, 0.15) is 5.76 Å². The first kappa shape index (κ1) is 16.3. The molecule has 1 atom stereocenters. The van der Waals surface area contributed by atoms with Crippen molar-refractivity contribution in [3.63, 3.8) is 0 Å². The molecule has 4 heteroatoms. The van der Waals surface area contributed by atoms with Gasteiger partial charge in [-0.05, 0) is 56.5 Å². The third-order valence-electron chi connectivity index (χ3n) is 3.89. The van der Waals surface area contributed by atoms with Crippen LogP contribution in [0.2, 0.25) is 0 Å². The zero-order valence-electron chi connectivity index (χ0n) is 13.5. The minimum atomic E-state index is -0.0152. The Morgan fingerprint density at radius 3 is 2.77 bits per heavy atom. The minimum Gasteiger partial charge on any atom is -0.469 e. The van der Waals surface area contributed by atoms with Crippen molar-refractivity contribution in [2.45, 2.75) is 39.7 Å². The summed E-state index contributed by atoms with van der Waals surface area (Å²) in [5.74, 6) is 0.965. The number of carbonyl (C=O) groups is 1. The Kier molecular flexibility index (Phi) is 5.78. The zero-order chi connectivity index (χ0) is 15.9. The minimum absolute atomic E-state index is 0.0152. The second-order valence-electron chi connectivity index (χ2n) is 5.70. The van der Waals surface area contributed by atoms with Gasteiger partial charge in [-0.1, -0.05) is 12.1 Å². The second kappa shape index (κ2) is 7.80. The lowest BCUT2D eigenvalue weighted by atomic mass is 10.1. The third kappa shape index (κ3) is 4.74. The van der Waals surface area contributed by atoms with Crippen LogP contribution in [0.25, 0.3) is 0 Å². The summed E-state index contributed by atoms with van der Waals surface area (Å²) < 4.78 is 5.31. The average molecular weight is 300 g/mol. The van der Waals surface area contributed by atoms with Crippen molar-refractivity contribution in [1.29, 1.82) is 0 Å². The fourth-order valence-electron chi connectivity index (χ4n) is 2.26. The van der Waals surface area contributed by atoms with Crippen LogP contribution in [-0.4, -0.2) is 18.5 Å². The highest BCUT2D eigenvalue weighted by Crippen LogP contribution is 2.17. The molecule has 0 saturated heterocycles. The molecular weight excluding hydrogens is 276 g/mol. The molecule has 118 valence electrons. The Hall–Kier alpha value is -2.07. The number of rotatable bonds is 7. The highest BCUT2D eigenvalue weighted by molar-refractivity contribution is 5.93. The van der Waals surface area contributed by atoms with Crippen LogP contribution in [0.5, 0.6) is 0 Å². The number of carbonyl (C=O) groups excluding carboxylic acids is 1. The van der Waals surface area contributed by atoms with E-state index < -0.39 is 0 Å². The van der Waals surface area contributed by atoms with Gasteiger partial charge in [0.2, 0.25) is 5.91 Å². The zero-order valence-corrected chi connectivity index (χ0v) is 13.5. The third-order valence-corrected chi connectivity index (χ3v) is 3.89. The summed E-state index contributed by atoms with van der Waals surface area (Å²) in [5.41, 5.74) is 3.18. The van der Waals surface area contributed by atoms with E-state index in [1.54, 1.807) is 6.26 Å². The maximum Gasteiger partial charge on any atom is 0.238 e. The predicted molar refractivity (Wildman–Crippen MR) is 89.0 cm³/mol. The Morgan fingerprint density at radius 2 is 2.05 bits per heavy atom. The number of benzene rings is 1. The molecule has 0 bridgehead atoms. The molecule has 0 aliphatic heterocycles. The topological polar surface area (TPSA) is 54.3 Å². The van der Waals surface area contributed by atoms with E-state index in [4.69, 9.17) is 4.42 Å². The summed E-state index contributed by atoms with van der Waals surface area (Å²) >= 11 is 0. The van der Waals surface area contributed by atoms with Crippen molar-refractivity contribution in [2.24, 2.45) is 0 Å². The molecular formula is C18H24N2O2. The fraction of sp³-hybridized carbons (Fsp3) is 0.389. The van der Waals surface area contributed by atoms with E-state index in [-0.39, 0.29) is 11.9 Å². The van der Waals surface area contributed by atoms with Gasteiger partial charge >= 0.3 is 0 Å². The van der Waals surface area contributed by atoms with Crippen molar-refractivity contribution in [3.05, 3.63) is 53.5 Å². The van der Waals surface area contributed by atoms with Crippen LogP contribution in [0.1, 0.15) is 30.2 Å². The summed E-state index contributed by atoms with van der Waals surface area (Å²) in [6.45, 7) is 6.45. The summed E-state index contributed by atoms with van der Waals surface area (Å²) in [6.07, 6.45) is 3.50. The van der Waals surface area contributed by atoms with Crippen molar-refractivity contribution in [3.8, 4) is 0 Å². The number of hydrogen-bond acceptors (Lipinski definition) is 3. The van der Waals surface area contributed by atoms with Gasteiger partial charge < -0.3 is 15.1 Å². The largest absolute Gasteiger partial charge is 0.469 e. The molecule has 2 aromatic rings. The number of furan rings is 1. The van der Waals surface area contributed by atoms with Crippen molar-refractivity contribution in [1.82, 2.24) is 5.32 Å². The standard InChI is InChI=1S/C18H24N2O2/c1-13-6-4-8-17(15(13)3)20-18(21)12-19-14(2)9-10-16-7-5-11-22-16/h4-8,11,14,19H,9-10,12H2,1-3H3,(H,20,21). The lowest BCUT2D eigenvalue weighted by Gasteiger charge is -2.14. The second-order valence-corrected chi connectivity index (χ2v) is 5.70. The number of anilines is 1. The van der Waals surface area contributed by atoms with Crippen LogP contribution >= 0.6 is 0 Å². The van der Waals surface area contributed by atoms with E-state index >= 15 is 0 Å². The maximum atomic E-state index is 12.0. The Bertz CT molecular complexity index is 606. The highest BCUT2D eigenvalue weighted by Gasteiger charge is 2.08. The quantitative estimate of drug-likeness (QED) is 0.823. The van der Waals surface area contributed by atoms with E-state index in [1.807, 2.05) is 44.2 Å². The van der Waals surface area contributed by atoms with E-state index in [1.165, 1.54) is 5.56 Å². The van der Waals surface area contributed by atoms with Gasteiger partial charge in [-0.15, -0.1) is 0 Å². The molecule has 1 aromatic carbocycles. The molecule has 1 aromatic heterocycles. The SMILES string of the molecule is Cc1cccc(NC(=O)CNC(C)CCc2ccco2)c1C. The normalized spacial score (nSPS) is 12.1. The number of aryl methyl sites for hydroxylation is 2. The maximum absolute atomic E-state index is 12.0. The van der Waals surface area contributed by atoms with Crippen LogP contribution in [0, 0.1) is 13.8 Å². The molecule has 0 fully saturated rings. The molecule has 2 N–H and O–H groups in total. The lowest BCUT2D eigenvalue weighted by Crippen LogP contribution is -2.34. The van der Waals surface area contributed by atoms with Gasteiger partial charge in [0.15, 0.2) is 0 Å². The Balaban J connectivity index is 1.74. The molecule has 0 saturated carbocycles. The summed E-state index contributed by atoms with van der Waals surface area (Å²) in [7, 11) is 0. The monoisotopic (exact) mass is 300 g/mol. The van der Waals surface area contributed by atoms with Crippen LogP contribution in [0.4, 0.5) is 5.69 Å². The molecule has 0 aliphatic rings. The van der Waals surface area contributed by atoms with Gasteiger partial charge in [-0.3, -0.25) is 4.79 Å². The molecule has 1 heterocycles. The van der Waals surface area contributed by atoms with E-state index in [0.29, 0.717) is 6.54 Å². The van der Waals surface area contributed by atoms with Crippen LogP contribution in [-0.2, 0) is 11.2 Å². The number of nitrogens with one attached hydrogen (secondary N) is 2. The molecule has 2 rings (SSSR count). The molecule has 22 heavy (non-hydrogen) atoms. The number of amides is 1. The number of hydrogen-bond donors (Lipinski definition) is 2. The van der Waals surface area contributed by atoms with Crippen LogP contribution in [0.15, 0.2) is 41.0 Å². The molecule has 0 radical (unpaired) electrons. The molecule has 0 aliphatic carbocycles. The van der Waals surface area contributed by atoms with Crippen molar-refractivity contribution < 1.29 is 9.21 Å². The van der Waals surface area contributed by atoms with Crippen LogP contribution < -0.4 is 10.6 Å². The smallest absolute Gasteiger partial charge is 0.238 e. The van der Waals surface area contributed by atoms with Crippen molar-refractivity contribution >= 4 is 11.6 Å². The molecule has 4 nitrogen and oxygen atoms in total. The molecule has 0 spiro atoms. The Labute approximate surface area is 131 Å². The van der Waals surface area contributed by atoms with Crippen molar-refractivity contribution in [2.75, 3.05) is 11.9 Å². The Morgan fingerprint density at radius 1 is 1.23 bits per heavy atom. The van der Waals surface area contributed by atoms with Gasteiger partial charge in [-0.25, -0.2) is 0 Å². The summed E-state index contributed by atoms with van der Waals surface area (Å²) in [5, 5.41) is 6.20. The van der Waals surface area contributed by atoms with E-state index in [9.17, 15) is 4.79 Å². The predicted octanol–water partition coefficient (Wildman–Crippen LogP) is 3.45. The molecule has 1 amide bonds. The first-order valence-electron chi connectivity index (χ1n) is 7.68. The van der Waals surface area contributed by atoms with Gasteiger partial charge in [0, 0.05) is 18.2 Å². The van der Waals surface area contributed by atoms with Crippen LogP contribution in [0.3, 0.4) is 0 Å². The summed E-state index contributed by atoms with van der Waals surface area (Å²) in [4.78, 5) is 12.0. The van der Waals surface area contributed by atoms with E-state index in [0.717, 1.165) is 29.9 Å². The molecule has 1 unspecified atom stereocenters. The van der Waals surface area contributed by atoms with E-state index in [2.05, 4.69) is 17.6 Å². The lowest BCUT2D eigenvalue weighted by molar-refractivity contribution is -0.115. The van der Waals surface area contributed by atoms with Gasteiger partial charge in [0.05, 0.1) is 12.8 Å². The van der Waals surface area contributed by atoms with Gasteiger partial charge in [-0.2, -0.15) is 0 Å². The fourth-order valence-corrected chi connectivity index (χ4v) is 2.26. The first-order valence-corrected chi connectivity index (χ1v) is 7.68. The average Bonchev–Trinajstić information content (AvgIpc) is 3.01. The highest BCUT2D eigenvalue weighted by atomic mass is 16.3. The summed E-state index contributed by atoms with van der Waals surface area (Å²) in [6, 6.07) is 10.1.